The van der Waals surface area contributed by atoms with E-state index in [0.717, 1.165) is 6.07 Å². The van der Waals surface area contributed by atoms with Gasteiger partial charge in [-0.2, -0.15) is 5.26 Å². The molecule has 0 fully saturated rings. The van der Waals surface area contributed by atoms with Gasteiger partial charge >= 0.3 is 0 Å². The summed E-state index contributed by atoms with van der Waals surface area (Å²) in [5.41, 5.74) is 6.80. The average Bonchev–Trinajstić information content (AvgIpc) is 2.38. The highest BCUT2D eigenvalue weighted by molar-refractivity contribution is 9.10. The fourth-order valence-corrected chi connectivity index (χ4v) is 1.85. The Morgan fingerprint density at radius 3 is 2.58 bits per heavy atom. The lowest BCUT2D eigenvalue weighted by Gasteiger charge is -2.09. The summed E-state index contributed by atoms with van der Waals surface area (Å²) in [4.78, 5) is 0. The number of nitrogens with zero attached hydrogens (tertiary/aromatic N) is 1. The maximum atomic E-state index is 13.6. The molecule has 3 N–H and O–H groups in total. The van der Waals surface area contributed by atoms with Gasteiger partial charge in [0.15, 0.2) is 0 Å². The number of nitriles is 1. The average molecular weight is 324 g/mol. The van der Waals surface area contributed by atoms with Crippen LogP contribution in [0.5, 0.6) is 0 Å². The summed E-state index contributed by atoms with van der Waals surface area (Å²) >= 11 is 2.98. The summed E-state index contributed by atoms with van der Waals surface area (Å²) < 4.78 is 26.8. The van der Waals surface area contributed by atoms with Crippen molar-refractivity contribution < 1.29 is 8.78 Å². The minimum atomic E-state index is -0.726. The van der Waals surface area contributed by atoms with E-state index in [1.165, 1.54) is 18.2 Å². The molecule has 0 aliphatic rings. The van der Waals surface area contributed by atoms with E-state index >= 15 is 0 Å². The second-order valence-corrected chi connectivity index (χ2v) is 4.64. The fourth-order valence-electron chi connectivity index (χ4n) is 1.50. The quantitative estimate of drug-likeness (QED) is 0.650. The highest BCUT2D eigenvalue weighted by Gasteiger charge is 2.09. The summed E-state index contributed by atoms with van der Waals surface area (Å²) in [6.45, 7) is 0. The Labute approximate surface area is 116 Å². The zero-order chi connectivity index (χ0) is 14.0. The molecule has 3 nitrogen and oxygen atoms in total. The van der Waals surface area contributed by atoms with Gasteiger partial charge in [0, 0.05) is 17.4 Å². The summed E-state index contributed by atoms with van der Waals surface area (Å²) in [6, 6.07) is 8.62. The Kier molecular flexibility index (Phi) is 3.67. The second-order valence-electron chi connectivity index (χ2n) is 3.78. The molecule has 0 unspecified atom stereocenters. The number of hydrogen-bond acceptors (Lipinski definition) is 3. The first kappa shape index (κ1) is 13.3. The molecule has 0 aliphatic heterocycles. The summed E-state index contributed by atoms with van der Waals surface area (Å²) in [5, 5.41) is 11.6. The van der Waals surface area contributed by atoms with Crippen molar-refractivity contribution >= 4 is 33.0 Å². The monoisotopic (exact) mass is 323 g/mol. The number of nitrogens with one attached hydrogen (secondary N) is 1. The van der Waals surface area contributed by atoms with E-state index in [1.807, 2.05) is 6.07 Å². The normalized spacial score (nSPS) is 10.0. The van der Waals surface area contributed by atoms with Crippen LogP contribution in [0, 0.1) is 23.0 Å². The van der Waals surface area contributed by atoms with Crippen LogP contribution in [-0.4, -0.2) is 0 Å². The number of benzene rings is 2. The van der Waals surface area contributed by atoms with Gasteiger partial charge in [-0.3, -0.25) is 0 Å². The van der Waals surface area contributed by atoms with Gasteiger partial charge in [-0.15, -0.1) is 0 Å². The number of nitrogens with two attached hydrogens (primary N) is 1. The van der Waals surface area contributed by atoms with E-state index in [-0.39, 0.29) is 15.7 Å². The van der Waals surface area contributed by atoms with Crippen LogP contribution in [0.1, 0.15) is 5.56 Å². The summed E-state index contributed by atoms with van der Waals surface area (Å²) in [5.74, 6) is -1.41. The van der Waals surface area contributed by atoms with E-state index in [2.05, 4.69) is 21.2 Å². The van der Waals surface area contributed by atoms with Crippen LogP contribution in [0.4, 0.5) is 25.8 Å². The third-order valence-corrected chi connectivity index (χ3v) is 3.07. The number of rotatable bonds is 2. The third kappa shape index (κ3) is 2.83. The van der Waals surface area contributed by atoms with Crippen molar-refractivity contribution in [3.8, 4) is 6.07 Å². The van der Waals surface area contributed by atoms with Crippen LogP contribution in [0.15, 0.2) is 34.8 Å². The van der Waals surface area contributed by atoms with Crippen molar-refractivity contribution in [1.29, 1.82) is 5.26 Å². The molecule has 2 aromatic carbocycles. The van der Waals surface area contributed by atoms with E-state index in [0.29, 0.717) is 11.4 Å². The zero-order valence-electron chi connectivity index (χ0n) is 9.55. The molecule has 0 saturated heterocycles. The van der Waals surface area contributed by atoms with E-state index in [9.17, 15) is 8.78 Å². The SMILES string of the molecule is N#Cc1cc(Nc2cc(Br)c(F)cc2F)ccc1N. The molecule has 0 amide bonds. The lowest BCUT2D eigenvalue weighted by Crippen LogP contribution is -1.97. The van der Waals surface area contributed by atoms with Crippen LogP contribution in [0.3, 0.4) is 0 Å². The molecule has 0 radical (unpaired) electrons. The highest BCUT2D eigenvalue weighted by atomic mass is 79.9. The van der Waals surface area contributed by atoms with Gasteiger partial charge in [-0.05, 0) is 40.2 Å². The highest BCUT2D eigenvalue weighted by Crippen LogP contribution is 2.27. The Morgan fingerprint density at radius 2 is 1.89 bits per heavy atom. The van der Waals surface area contributed by atoms with Gasteiger partial charge in [0.2, 0.25) is 0 Å². The van der Waals surface area contributed by atoms with Crippen molar-refractivity contribution in [2.24, 2.45) is 0 Å². The standard InChI is InChI=1S/C13H8BrF2N3/c14-9-4-13(11(16)5-10(9)15)19-8-1-2-12(18)7(3-8)6-17/h1-5,19H,18H2. The number of anilines is 3. The van der Waals surface area contributed by atoms with Crippen LogP contribution >= 0.6 is 15.9 Å². The van der Waals surface area contributed by atoms with Crippen molar-refractivity contribution in [3.63, 3.8) is 0 Å². The number of nitrogen functional groups attached to an aromatic ring is 1. The molecule has 0 saturated carbocycles. The molecule has 0 aromatic heterocycles. The largest absolute Gasteiger partial charge is 0.398 e. The van der Waals surface area contributed by atoms with Gasteiger partial charge in [0.25, 0.3) is 0 Å². The third-order valence-electron chi connectivity index (χ3n) is 2.46. The van der Waals surface area contributed by atoms with Crippen molar-refractivity contribution in [2.45, 2.75) is 0 Å². The minimum Gasteiger partial charge on any atom is -0.398 e. The second kappa shape index (κ2) is 5.24. The lowest BCUT2D eigenvalue weighted by molar-refractivity contribution is 0.581. The number of halogens is 3. The maximum Gasteiger partial charge on any atom is 0.149 e. The predicted molar refractivity (Wildman–Crippen MR) is 72.9 cm³/mol. The fraction of sp³-hybridized carbons (Fsp3) is 0. The molecule has 0 spiro atoms. The van der Waals surface area contributed by atoms with Crippen LogP contribution in [-0.2, 0) is 0 Å². The van der Waals surface area contributed by atoms with Crippen LogP contribution in [0.25, 0.3) is 0 Å². The minimum absolute atomic E-state index is 0.0990. The molecular formula is C13H8BrF2N3. The molecule has 2 rings (SSSR count). The van der Waals surface area contributed by atoms with E-state index < -0.39 is 11.6 Å². The van der Waals surface area contributed by atoms with Crippen molar-refractivity contribution in [2.75, 3.05) is 11.1 Å². The Morgan fingerprint density at radius 1 is 1.16 bits per heavy atom. The van der Waals surface area contributed by atoms with Crippen LogP contribution in [0.2, 0.25) is 0 Å². The van der Waals surface area contributed by atoms with E-state index in [1.54, 1.807) is 6.07 Å². The first-order chi connectivity index (χ1) is 9.01. The van der Waals surface area contributed by atoms with Gasteiger partial charge < -0.3 is 11.1 Å². The van der Waals surface area contributed by atoms with Crippen LogP contribution < -0.4 is 11.1 Å². The molecular weight excluding hydrogens is 316 g/mol. The molecule has 0 bridgehead atoms. The lowest BCUT2D eigenvalue weighted by atomic mass is 10.1. The zero-order valence-corrected chi connectivity index (χ0v) is 11.1. The number of hydrogen-bond donors (Lipinski definition) is 2. The Balaban J connectivity index is 2.37. The Hall–Kier alpha value is -2.13. The summed E-state index contributed by atoms with van der Waals surface area (Å²) in [7, 11) is 0. The van der Waals surface area contributed by atoms with E-state index in [4.69, 9.17) is 11.0 Å². The smallest absolute Gasteiger partial charge is 0.149 e. The molecule has 96 valence electrons. The first-order valence-electron chi connectivity index (χ1n) is 5.22. The maximum absolute atomic E-state index is 13.6. The van der Waals surface area contributed by atoms with Gasteiger partial charge in [-0.1, -0.05) is 0 Å². The van der Waals surface area contributed by atoms with Gasteiger partial charge in [0.1, 0.15) is 17.7 Å². The molecule has 0 aliphatic carbocycles. The Bertz CT molecular complexity index is 680. The summed E-state index contributed by atoms with van der Waals surface area (Å²) in [6.07, 6.45) is 0. The molecule has 0 atom stereocenters. The van der Waals surface area contributed by atoms with Crippen molar-refractivity contribution in [1.82, 2.24) is 0 Å². The predicted octanol–water partition coefficient (Wildman–Crippen LogP) is 3.92. The molecule has 2 aromatic rings. The molecule has 0 heterocycles. The first-order valence-corrected chi connectivity index (χ1v) is 6.01. The topological polar surface area (TPSA) is 61.8 Å². The molecule has 19 heavy (non-hydrogen) atoms. The van der Waals surface area contributed by atoms with Crippen molar-refractivity contribution in [3.05, 3.63) is 52.0 Å². The van der Waals surface area contributed by atoms with Gasteiger partial charge in [-0.25, -0.2) is 8.78 Å². The molecule has 6 heteroatoms. The van der Waals surface area contributed by atoms with Gasteiger partial charge in [0.05, 0.1) is 15.7 Å².